The van der Waals surface area contributed by atoms with E-state index in [0.29, 0.717) is 0 Å². The summed E-state index contributed by atoms with van der Waals surface area (Å²) in [6, 6.07) is 1.92. The number of hydrogen-bond acceptors (Lipinski definition) is 8. The molecule has 0 bridgehead atoms. The highest BCUT2D eigenvalue weighted by Crippen LogP contribution is 2.27. The van der Waals surface area contributed by atoms with Crippen LogP contribution in [0.1, 0.15) is 157 Å². The van der Waals surface area contributed by atoms with Crippen LogP contribution in [0.3, 0.4) is 0 Å². The normalized spacial score (nSPS) is 12.4. The highest BCUT2D eigenvalue weighted by atomic mass is 33.1. The first-order valence-corrected chi connectivity index (χ1v) is 25.0. The lowest BCUT2D eigenvalue weighted by molar-refractivity contribution is 0.0550. The van der Waals surface area contributed by atoms with Crippen LogP contribution in [0, 0.1) is 0 Å². The lowest BCUT2D eigenvalue weighted by Gasteiger charge is -2.30. The van der Waals surface area contributed by atoms with Gasteiger partial charge >= 0.3 is 17.6 Å². The molecule has 0 radical (unpaired) electrons. The lowest BCUT2D eigenvalue weighted by Crippen LogP contribution is -2.46. The zero-order valence-electron chi connectivity index (χ0n) is 30.1. The van der Waals surface area contributed by atoms with Crippen molar-refractivity contribution in [2.75, 3.05) is 51.1 Å². The van der Waals surface area contributed by atoms with Crippen LogP contribution in [0.15, 0.2) is 0 Å². The molecule has 0 aliphatic heterocycles. The number of rotatable bonds is 37. The standard InChI is InChI=1S/C34H74O6S2Si2/c1-7-13-25-35-43(36-26-14-8-2,37-27-15-9-3)33-23-19-21-31-41-42-32-22-20-24-34-44(38-28-16-10-4,39-29-17-11-5)40-30-18-12-6/h7-34H2,1-6H3. The Morgan fingerprint density at radius 3 is 0.795 bits per heavy atom. The molecule has 0 aromatic rings. The van der Waals surface area contributed by atoms with Gasteiger partial charge in [-0.25, -0.2) is 0 Å². The van der Waals surface area contributed by atoms with Crippen LogP contribution < -0.4 is 0 Å². The van der Waals surface area contributed by atoms with Crippen molar-refractivity contribution < 1.29 is 26.6 Å². The summed E-state index contributed by atoms with van der Waals surface area (Å²) in [4.78, 5) is 0. The van der Waals surface area contributed by atoms with Crippen molar-refractivity contribution in [2.24, 2.45) is 0 Å². The van der Waals surface area contributed by atoms with Gasteiger partial charge in [-0.05, 0) is 64.2 Å². The molecule has 0 spiro atoms. The van der Waals surface area contributed by atoms with Gasteiger partial charge in [0.25, 0.3) is 0 Å². The largest absolute Gasteiger partial charge is 0.500 e. The Hall–Kier alpha value is 0.894. The molecule has 0 atom stereocenters. The summed E-state index contributed by atoms with van der Waals surface area (Å²) in [5.41, 5.74) is 0. The summed E-state index contributed by atoms with van der Waals surface area (Å²) in [6.07, 6.45) is 20.5. The average Bonchev–Trinajstić information content (AvgIpc) is 3.02. The Labute approximate surface area is 285 Å². The molecule has 0 saturated heterocycles. The van der Waals surface area contributed by atoms with Crippen LogP contribution in [0.2, 0.25) is 12.1 Å². The van der Waals surface area contributed by atoms with Crippen molar-refractivity contribution in [3.63, 3.8) is 0 Å². The van der Waals surface area contributed by atoms with Gasteiger partial charge in [-0.1, -0.05) is 114 Å². The molecule has 6 nitrogen and oxygen atoms in total. The summed E-state index contributed by atoms with van der Waals surface area (Å²) in [6.45, 7) is 17.9. The Morgan fingerprint density at radius 2 is 0.568 bits per heavy atom. The van der Waals surface area contributed by atoms with Gasteiger partial charge < -0.3 is 26.6 Å². The molecule has 0 aromatic heterocycles. The number of unbranched alkanes of at least 4 members (excludes halogenated alkanes) is 10. The zero-order chi connectivity index (χ0) is 32.5. The van der Waals surface area contributed by atoms with Crippen molar-refractivity contribution in [2.45, 2.75) is 169 Å². The van der Waals surface area contributed by atoms with E-state index in [1.165, 1.54) is 37.2 Å². The average molecular weight is 699 g/mol. The summed E-state index contributed by atoms with van der Waals surface area (Å²) < 4.78 is 38.5. The van der Waals surface area contributed by atoms with Crippen molar-refractivity contribution >= 4 is 39.2 Å². The van der Waals surface area contributed by atoms with E-state index >= 15 is 0 Å². The topological polar surface area (TPSA) is 55.4 Å². The van der Waals surface area contributed by atoms with Gasteiger partial charge in [0, 0.05) is 63.2 Å². The highest BCUT2D eigenvalue weighted by molar-refractivity contribution is 8.76. The Morgan fingerprint density at radius 1 is 0.318 bits per heavy atom. The minimum atomic E-state index is -2.58. The second-order valence-corrected chi connectivity index (χ2v) is 20.0. The van der Waals surface area contributed by atoms with E-state index in [2.05, 4.69) is 41.5 Å². The van der Waals surface area contributed by atoms with E-state index in [1.807, 2.05) is 21.6 Å². The van der Waals surface area contributed by atoms with Crippen molar-refractivity contribution in [3.8, 4) is 0 Å². The Kier molecular flexibility index (Phi) is 34.5. The van der Waals surface area contributed by atoms with E-state index in [4.69, 9.17) is 26.6 Å². The van der Waals surface area contributed by atoms with E-state index in [-0.39, 0.29) is 0 Å². The first-order chi connectivity index (χ1) is 21.6. The van der Waals surface area contributed by atoms with Gasteiger partial charge in [-0.3, -0.25) is 0 Å². The SMILES string of the molecule is CCCCO[Si](CCCCCSSCCCCC[Si](OCCCC)(OCCCC)OCCCC)(OCCCC)OCCCC. The minimum Gasteiger partial charge on any atom is -0.373 e. The molecule has 266 valence electrons. The fourth-order valence-electron chi connectivity index (χ4n) is 4.39. The fraction of sp³-hybridized carbons (Fsp3) is 1.00. The molecule has 0 aliphatic rings. The molecule has 0 aromatic carbocycles. The third kappa shape index (κ3) is 25.9. The molecule has 0 aliphatic carbocycles. The van der Waals surface area contributed by atoms with Crippen molar-refractivity contribution in [3.05, 3.63) is 0 Å². The first-order valence-electron chi connectivity index (χ1n) is 18.7. The molecule has 0 amide bonds. The van der Waals surface area contributed by atoms with E-state index in [9.17, 15) is 0 Å². The van der Waals surface area contributed by atoms with Crippen LogP contribution in [0.5, 0.6) is 0 Å². The van der Waals surface area contributed by atoms with Crippen LogP contribution in [-0.2, 0) is 26.6 Å². The highest BCUT2D eigenvalue weighted by Gasteiger charge is 2.41. The van der Waals surface area contributed by atoms with Gasteiger partial charge in [0.1, 0.15) is 0 Å². The molecule has 10 heteroatoms. The Balaban J connectivity index is 4.41. The van der Waals surface area contributed by atoms with Gasteiger partial charge in [0.05, 0.1) is 0 Å². The Bertz CT molecular complexity index is 479. The van der Waals surface area contributed by atoms with Gasteiger partial charge in [-0.2, -0.15) is 0 Å². The maximum atomic E-state index is 6.41. The zero-order valence-corrected chi connectivity index (χ0v) is 33.7. The molecule has 0 fully saturated rings. The summed E-state index contributed by atoms with van der Waals surface area (Å²) in [5.74, 6) is 2.42. The molecule has 0 unspecified atom stereocenters. The van der Waals surface area contributed by atoms with E-state index < -0.39 is 17.6 Å². The maximum absolute atomic E-state index is 6.41. The summed E-state index contributed by atoms with van der Waals surface area (Å²) in [7, 11) is -1.09. The smallest absolute Gasteiger partial charge is 0.373 e. The first kappa shape index (κ1) is 44.9. The molecule has 0 rings (SSSR count). The molecular formula is C34H74O6S2Si2. The fourth-order valence-corrected chi connectivity index (χ4v) is 12.1. The third-order valence-electron chi connectivity index (χ3n) is 7.42. The van der Waals surface area contributed by atoms with E-state index in [0.717, 1.165) is 142 Å². The monoisotopic (exact) mass is 698 g/mol. The molecule has 44 heavy (non-hydrogen) atoms. The predicted octanol–water partition coefficient (Wildman–Crippen LogP) is 11.5. The summed E-state index contributed by atoms with van der Waals surface area (Å²) >= 11 is 0. The predicted molar refractivity (Wildman–Crippen MR) is 199 cm³/mol. The number of hydrogen-bond donors (Lipinski definition) is 0. The second-order valence-electron chi connectivity index (χ2n) is 11.8. The maximum Gasteiger partial charge on any atom is 0.500 e. The second kappa shape index (κ2) is 33.8. The molecule has 0 heterocycles. The van der Waals surface area contributed by atoms with Crippen LogP contribution in [-0.4, -0.2) is 68.8 Å². The van der Waals surface area contributed by atoms with Crippen LogP contribution >= 0.6 is 21.6 Å². The minimum absolute atomic E-state index is 0.764. The van der Waals surface area contributed by atoms with Gasteiger partial charge in [0.15, 0.2) is 0 Å². The van der Waals surface area contributed by atoms with Gasteiger partial charge in [-0.15, -0.1) is 0 Å². The van der Waals surface area contributed by atoms with Crippen molar-refractivity contribution in [1.82, 2.24) is 0 Å². The van der Waals surface area contributed by atoms with E-state index in [1.54, 1.807) is 0 Å². The molecule has 0 saturated carbocycles. The molecule has 0 N–H and O–H groups in total. The van der Waals surface area contributed by atoms with Gasteiger partial charge in [0.2, 0.25) is 0 Å². The lowest BCUT2D eigenvalue weighted by atomic mass is 10.3. The summed E-state index contributed by atoms with van der Waals surface area (Å²) in [5, 5.41) is 0. The quantitative estimate of drug-likeness (QED) is 0.0361. The van der Waals surface area contributed by atoms with Crippen LogP contribution in [0.25, 0.3) is 0 Å². The third-order valence-corrected chi connectivity index (χ3v) is 15.8. The van der Waals surface area contributed by atoms with Crippen molar-refractivity contribution in [1.29, 1.82) is 0 Å². The molecular weight excluding hydrogens is 625 g/mol. The van der Waals surface area contributed by atoms with Crippen LogP contribution in [0.4, 0.5) is 0 Å².